The molecule has 4 rings (SSSR count). The van der Waals surface area contributed by atoms with E-state index in [4.69, 9.17) is 9.72 Å². The minimum absolute atomic E-state index is 0.263. The number of nitrogens with one attached hydrogen (secondary N) is 1. The van der Waals surface area contributed by atoms with Gasteiger partial charge < -0.3 is 10.1 Å². The first-order valence-electron chi connectivity index (χ1n) is 11.2. The van der Waals surface area contributed by atoms with Gasteiger partial charge in [-0.25, -0.2) is 9.37 Å². The molecule has 9 heteroatoms. The number of benzene rings is 3. The normalized spacial score (nSPS) is 11.7. The largest absolute Gasteiger partial charge is 0.483 e. The Kier molecular flexibility index (Phi) is 7.30. The van der Waals surface area contributed by atoms with Crippen molar-refractivity contribution in [1.29, 1.82) is 0 Å². The Hall–Kier alpha value is -3.85. The van der Waals surface area contributed by atoms with Crippen molar-refractivity contribution in [3.8, 4) is 5.75 Å². The fourth-order valence-corrected chi connectivity index (χ4v) is 3.81. The number of rotatable bonds is 6. The van der Waals surface area contributed by atoms with Crippen LogP contribution in [-0.4, -0.2) is 28.4 Å². The molecule has 0 aliphatic rings. The van der Waals surface area contributed by atoms with Crippen molar-refractivity contribution in [2.45, 2.75) is 26.2 Å². The lowest BCUT2D eigenvalue weighted by molar-refractivity contribution is -0.118. The molecule has 1 aromatic heterocycles. The molecule has 0 aliphatic heterocycles. The number of anilines is 1. The van der Waals surface area contributed by atoms with E-state index in [-0.39, 0.29) is 18.0 Å². The van der Waals surface area contributed by atoms with Gasteiger partial charge in [-0.1, -0.05) is 48.8 Å². The molecule has 0 saturated carbocycles. The fourth-order valence-electron chi connectivity index (χ4n) is 3.45. The number of carbonyl (C=O) groups is 1. The standard InChI is InChI=1S/C27H24BrFN4O3/c1-27(2,3)26-32-22-13-8-18(28)14-21(22)25(35)33(26)30-15-17-6-4-5-7-23(17)36-16-24(34)31-20-11-9-19(29)10-12-20/h4-15H,16H2,1-3H3,(H,31,34). The topological polar surface area (TPSA) is 85.6 Å². The number of carbonyl (C=O) groups excluding carboxylic acids is 1. The molecular formula is C27H24BrFN4O3. The predicted molar refractivity (Wildman–Crippen MR) is 142 cm³/mol. The molecule has 1 heterocycles. The average Bonchev–Trinajstić information content (AvgIpc) is 2.84. The summed E-state index contributed by atoms with van der Waals surface area (Å²) in [6.07, 6.45) is 1.51. The number of nitrogens with zero attached hydrogens (tertiary/aromatic N) is 3. The molecule has 0 atom stereocenters. The minimum Gasteiger partial charge on any atom is -0.483 e. The number of aromatic nitrogens is 2. The van der Waals surface area contributed by atoms with Crippen LogP contribution in [0.4, 0.5) is 10.1 Å². The van der Waals surface area contributed by atoms with Gasteiger partial charge in [0.2, 0.25) is 0 Å². The maximum atomic E-state index is 13.3. The monoisotopic (exact) mass is 550 g/mol. The maximum Gasteiger partial charge on any atom is 0.282 e. The molecule has 1 N–H and O–H groups in total. The number of halogens is 2. The van der Waals surface area contributed by atoms with Crippen LogP contribution in [0, 0.1) is 5.82 Å². The summed E-state index contributed by atoms with van der Waals surface area (Å²) in [5.74, 6) is 0.136. The molecule has 0 unspecified atom stereocenters. The number of fused-ring (bicyclic) bond motifs is 1. The van der Waals surface area contributed by atoms with Crippen LogP contribution in [0.25, 0.3) is 10.9 Å². The number of hydrogen-bond acceptors (Lipinski definition) is 5. The third kappa shape index (κ3) is 5.85. The molecule has 0 spiro atoms. The molecule has 7 nitrogen and oxygen atoms in total. The van der Waals surface area contributed by atoms with Crippen LogP contribution in [0.3, 0.4) is 0 Å². The lowest BCUT2D eigenvalue weighted by Gasteiger charge is -2.21. The smallest absolute Gasteiger partial charge is 0.282 e. The van der Waals surface area contributed by atoms with E-state index in [1.165, 1.54) is 35.2 Å². The summed E-state index contributed by atoms with van der Waals surface area (Å²) in [6.45, 7) is 5.62. The Morgan fingerprint density at radius 3 is 2.58 bits per heavy atom. The van der Waals surface area contributed by atoms with Crippen LogP contribution in [0.2, 0.25) is 0 Å². The molecule has 4 aromatic rings. The molecule has 0 radical (unpaired) electrons. The van der Waals surface area contributed by atoms with Crippen molar-refractivity contribution in [1.82, 2.24) is 9.66 Å². The van der Waals surface area contributed by atoms with E-state index in [1.807, 2.05) is 26.8 Å². The first kappa shape index (κ1) is 25.2. The Labute approximate surface area is 215 Å². The van der Waals surface area contributed by atoms with Gasteiger partial charge in [0.25, 0.3) is 11.5 Å². The van der Waals surface area contributed by atoms with E-state index < -0.39 is 11.3 Å². The molecule has 0 saturated heterocycles. The third-order valence-electron chi connectivity index (χ3n) is 5.20. The summed E-state index contributed by atoms with van der Waals surface area (Å²) in [6, 6.07) is 17.9. The predicted octanol–water partition coefficient (Wildman–Crippen LogP) is 5.50. The number of ether oxygens (including phenoxy) is 1. The second kappa shape index (κ2) is 10.4. The second-order valence-corrected chi connectivity index (χ2v) is 10.0. The zero-order valence-electron chi connectivity index (χ0n) is 20.0. The minimum atomic E-state index is -0.452. The van der Waals surface area contributed by atoms with Crippen LogP contribution < -0.4 is 15.6 Å². The molecule has 0 aliphatic carbocycles. The molecule has 1 amide bonds. The second-order valence-electron chi connectivity index (χ2n) is 9.09. The maximum absolute atomic E-state index is 13.3. The number of para-hydroxylation sites is 1. The van der Waals surface area contributed by atoms with Gasteiger partial charge in [-0.3, -0.25) is 9.59 Å². The summed E-state index contributed by atoms with van der Waals surface area (Å²) in [7, 11) is 0. The highest BCUT2D eigenvalue weighted by atomic mass is 79.9. The number of hydrogen-bond donors (Lipinski definition) is 1. The van der Waals surface area contributed by atoms with Gasteiger partial charge in [-0.15, -0.1) is 0 Å². The first-order chi connectivity index (χ1) is 17.1. The van der Waals surface area contributed by atoms with Gasteiger partial charge in [0.1, 0.15) is 17.4 Å². The van der Waals surface area contributed by atoms with Crippen molar-refractivity contribution < 1.29 is 13.9 Å². The molecular weight excluding hydrogens is 527 g/mol. The zero-order valence-corrected chi connectivity index (χ0v) is 21.5. The van der Waals surface area contributed by atoms with Gasteiger partial charge in [-0.05, 0) is 54.6 Å². The van der Waals surface area contributed by atoms with Crippen LogP contribution >= 0.6 is 15.9 Å². The molecule has 3 aromatic carbocycles. The van der Waals surface area contributed by atoms with Gasteiger partial charge >= 0.3 is 0 Å². The van der Waals surface area contributed by atoms with Crippen molar-refractivity contribution in [2.24, 2.45) is 5.10 Å². The Morgan fingerprint density at radius 1 is 1.14 bits per heavy atom. The SMILES string of the molecule is CC(C)(C)c1nc2ccc(Br)cc2c(=O)n1N=Cc1ccccc1OCC(=O)Nc1ccc(F)cc1. The molecule has 36 heavy (non-hydrogen) atoms. The highest BCUT2D eigenvalue weighted by molar-refractivity contribution is 9.10. The summed E-state index contributed by atoms with van der Waals surface area (Å²) in [5, 5.41) is 7.56. The number of amides is 1. The zero-order chi connectivity index (χ0) is 25.9. The summed E-state index contributed by atoms with van der Waals surface area (Å²) in [5.41, 5.74) is 0.888. The van der Waals surface area contributed by atoms with Gasteiger partial charge in [-0.2, -0.15) is 9.78 Å². The highest BCUT2D eigenvalue weighted by Crippen LogP contribution is 2.23. The van der Waals surface area contributed by atoms with E-state index in [0.717, 1.165) is 4.47 Å². The fraction of sp³-hybridized carbons (Fsp3) is 0.185. The van der Waals surface area contributed by atoms with Crippen LogP contribution in [0.15, 0.2) is 81.1 Å². The summed E-state index contributed by atoms with van der Waals surface area (Å²) < 4.78 is 20.8. The summed E-state index contributed by atoms with van der Waals surface area (Å²) >= 11 is 3.41. The van der Waals surface area contributed by atoms with Gasteiger partial charge in [0.05, 0.1) is 17.1 Å². The van der Waals surface area contributed by atoms with Crippen LogP contribution in [0.5, 0.6) is 5.75 Å². The van der Waals surface area contributed by atoms with E-state index in [1.54, 1.807) is 36.4 Å². The van der Waals surface area contributed by atoms with E-state index in [0.29, 0.717) is 33.7 Å². The van der Waals surface area contributed by atoms with Crippen molar-refractivity contribution in [3.63, 3.8) is 0 Å². The van der Waals surface area contributed by atoms with Crippen LogP contribution in [0.1, 0.15) is 32.2 Å². The van der Waals surface area contributed by atoms with Crippen molar-refractivity contribution in [2.75, 3.05) is 11.9 Å². The molecule has 0 fully saturated rings. The van der Waals surface area contributed by atoms with Crippen LogP contribution in [-0.2, 0) is 10.2 Å². The Morgan fingerprint density at radius 2 is 1.86 bits per heavy atom. The third-order valence-corrected chi connectivity index (χ3v) is 5.69. The van der Waals surface area contributed by atoms with Crippen molar-refractivity contribution >= 4 is 44.6 Å². The van der Waals surface area contributed by atoms with Gasteiger partial charge in [0.15, 0.2) is 6.61 Å². The Bertz CT molecular complexity index is 1510. The molecule has 0 bridgehead atoms. The molecule has 184 valence electrons. The lowest BCUT2D eigenvalue weighted by Crippen LogP contribution is -2.29. The van der Waals surface area contributed by atoms with E-state index >= 15 is 0 Å². The lowest BCUT2D eigenvalue weighted by atomic mass is 9.95. The highest BCUT2D eigenvalue weighted by Gasteiger charge is 2.23. The van der Waals surface area contributed by atoms with E-state index in [2.05, 4.69) is 26.3 Å². The van der Waals surface area contributed by atoms with Crippen molar-refractivity contribution in [3.05, 3.63) is 98.8 Å². The van der Waals surface area contributed by atoms with E-state index in [9.17, 15) is 14.0 Å². The Balaban J connectivity index is 1.61. The first-order valence-corrected chi connectivity index (χ1v) is 12.0. The average molecular weight is 551 g/mol. The quantitative estimate of drug-likeness (QED) is 0.321. The van der Waals surface area contributed by atoms with Gasteiger partial charge in [0, 0.05) is 21.1 Å². The summed E-state index contributed by atoms with van der Waals surface area (Å²) in [4.78, 5) is 30.3.